The van der Waals surface area contributed by atoms with E-state index in [2.05, 4.69) is 10.5 Å². The van der Waals surface area contributed by atoms with E-state index in [1.54, 1.807) is 0 Å². The SMILES string of the molecule is O=C(O)CC(NC(=O)c1conc1CNC(=O)OCC1c2ccccc2-c2ccccc21)C(F)F. The van der Waals surface area contributed by atoms with E-state index >= 15 is 0 Å². The van der Waals surface area contributed by atoms with Gasteiger partial charge in [0.25, 0.3) is 12.3 Å². The van der Waals surface area contributed by atoms with Crippen molar-refractivity contribution in [2.45, 2.75) is 31.4 Å². The average Bonchev–Trinajstić information content (AvgIpc) is 3.43. The van der Waals surface area contributed by atoms with E-state index in [0.717, 1.165) is 28.5 Å². The maximum atomic E-state index is 13.0. The lowest BCUT2D eigenvalue weighted by Crippen LogP contribution is -2.41. The Bertz CT molecular complexity index is 1200. The molecule has 182 valence electrons. The minimum absolute atomic E-state index is 0.0284. The molecule has 1 atom stereocenters. The quantitative estimate of drug-likeness (QED) is 0.422. The zero-order chi connectivity index (χ0) is 24.9. The molecule has 1 unspecified atom stereocenters. The van der Waals surface area contributed by atoms with Gasteiger partial charge in [-0.3, -0.25) is 9.59 Å². The standard InChI is InChI=1S/C24H21F2N3O6/c25-22(26)19(9-21(30)31)28-23(32)18-12-35-29-20(18)10-27-24(33)34-11-17-15-7-3-1-5-13(15)14-6-2-4-8-16(14)17/h1-8,12,17,19,22H,9-11H2,(H,27,33)(H,28,32)(H,30,31). The summed E-state index contributed by atoms with van der Waals surface area (Å²) in [5.41, 5.74) is 4.03. The first kappa shape index (κ1) is 23.9. The molecule has 11 heteroatoms. The molecule has 0 bridgehead atoms. The van der Waals surface area contributed by atoms with Crippen LogP contribution in [0.4, 0.5) is 13.6 Å². The van der Waals surface area contributed by atoms with Crippen molar-refractivity contribution in [3.05, 3.63) is 77.2 Å². The summed E-state index contributed by atoms with van der Waals surface area (Å²) in [5, 5.41) is 16.7. The van der Waals surface area contributed by atoms with E-state index in [-0.39, 0.29) is 30.3 Å². The maximum absolute atomic E-state index is 13.0. The number of nitrogens with zero attached hydrogens (tertiary/aromatic N) is 1. The van der Waals surface area contributed by atoms with Crippen LogP contribution in [0, 0.1) is 0 Å². The van der Waals surface area contributed by atoms with Crippen molar-refractivity contribution in [2.24, 2.45) is 0 Å². The number of benzene rings is 2. The Morgan fingerprint density at radius 1 is 1.06 bits per heavy atom. The summed E-state index contributed by atoms with van der Waals surface area (Å²) in [4.78, 5) is 35.4. The van der Waals surface area contributed by atoms with Crippen LogP contribution in [0.2, 0.25) is 0 Å². The van der Waals surface area contributed by atoms with Gasteiger partial charge in [-0.1, -0.05) is 53.7 Å². The van der Waals surface area contributed by atoms with Crippen molar-refractivity contribution in [1.82, 2.24) is 15.8 Å². The first-order valence-corrected chi connectivity index (χ1v) is 10.7. The van der Waals surface area contributed by atoms with Gasteiger partial charge in [0.15, 0.2) is 0 Å². The molecule has 0 fully saturated rings. The normalized spacial score (nSPS) is 13.1. The maximum Gasteiger partial charge on any atom is 0.407 e. The van der Waals surface area contributed by atoms with Crippen molar-refractivity contribution in [2.75, 3.05) is 6.61 Å². The lowest BCUT2D eigenvalue weighted by atomic mass is 9.98. The summed E-state index contributed by atoms with van der Waals surface area (Å²) in [6.45, 7) is -0.189. The first-order valence-electron chi connectivity index (χ1n) is 10.7. The molecule has 0 aliphatic heterocycles. The lowest BCUT2D eigenvalue weighted by Gasteiger charge is -2.16. The number of nitrogens with one attached hydrogen (secondary N) is 2. The van der Waals surface area contributed by atoms with Crippen molar-refractivity contribution in [3.63, 3.8) is 0 Å². The van der Waals surface area contributed by atoms with Crippen LogP contribution >= 0.6 is 0 Å². The number of carboxylic acids is 1. The van der Waals surface area contributed by atoms with Crippen LogP contribution in [-0.4, -0.2) is 47.3 Å². The highest BCUT2D eigenvalue weighted by atomic mass is 19.3. The summed E-state index contributed by atoms with van der Waals surface area (Å²) >= 11 is 0. The van der Waals surface area contributed by atoms with Crippen molar-refractivity contribution < 1.29 is 37.5 Å². The number of rotatable bonds is 9. The predicted molar refractivity (Wildman–Crippen MR) is 118 cm³/mol. The Labute approximate surface area is 198 Å². The van der Waals surface area contributed by atoms with Gasteiger partial charge in [0, 0.05) is 5.92 Å². The number of hydrogen-bond donors (Lipinski definition) is 3. The molecular formula is C24H21F2N3O6. The molecule has 0 radical (unpaired) electrons. The number of alkyl halides is 2. The number of aliphatic carboxylic acids is 1. The van der Waals surface area contributed by atoms with Gasteiger partial charge in [-0.15, -0.1) is 0 Å². The van der Waals surface area contributed by atoms with Gasteiger partial charge >= 0.3 is 12.1 Å². The number of ether oxygens (including phenoxy) is 1. The smallest absolute Gasteiger partial charge is 0.407 e. The molecule has 9 nitrogen and oxygen atoms in total. The van der Waals surface area contributed by atoms with Gasteiger partial charge in [0.05, 0.1) is 13.0 Å². The van der Waals surface area contributed by atoms with Crippen LogP contribution in [0.5, 0.6) is 0 Å². The molecular weight excluding hydrogens is 464 g/mol. The van der Waals surface area contributed by atoms with Gasteiger partial charge in [0.1, 0.15) is 30.2 Å². The zero-order valence-corrected chi connectivity index (χ0v) is 18.2. The van der Waals surface area contributed by atoms with E-state index in [9.17, 15) is 23.2 Å². The number of halogens is 2. The number of fused-ring (bicyclic) bond motifs is 3. The minimum atomic E-state index is -3.09. The summed E-state index contributed by atoms with van der Waals surface area (Å²) in [5.74, 6) is -2.62. The monoisotopic (exact) mass is 485 g/mol. The summed E-state index contributed by atoms with van der Waals surface area (Å²) < 4.78 is 36.2. The Morgan fingerprint density at radius 3 is 2.29 bits per heavy atom. The van der Waals surface area contributed by atoms with E-state index in [1.165, 1.54) is 0 Å². The molecule has 2 amide bonds. The molecule has 2 aromatic carbocycles. The van der Waals surface area contributed by atoms with Crippen molar-refractivity contribution in [3.8, 4) is 11.1 Å². The Kier molecular flexibility index (Phi) is 7.04. The van der Waals surface area contributed by atoms with Crippen LogP contribution in [-0.2, 0) is 16.1 Å². The Hall–Kier alpha value is -4.28. The largest absolute Gasteiger partial charge is 0.481 e. The molecule has 3 aromatic rings. The fourth-order valence-corrected chi connectivity index (χ4v) is 4.01. The molecule has 4 rings (SSSR count). The molecule has 1 heterocycles. The number of amides is 2. The van der Waals surface area contributed by atoms with Crippen LogP contribution in [0.1, 0.15) is 39.5 Å². The van der Waals surface area contributed by atoms with E-state index in [1.807, 2.05) is 53.8 Å². The van der Waals surface area contributed by atoms with Crippen LogP contribution < -0.4 is 10.6 Å². The second kappa shape index (κ2) is 10.3. The number of carbonyl (C=O) groups excluding carboxylic acids is 2. The van der Waals surface area contributed by atoms with Crippen molar-refractivity contribution in [1.29, 1.82) is 0 Å². The highest BCUT2D eigenvalue weighted by Crippen LogP contribution is 2.44. The predicted octanol–water partition coefficient (Wildman–Crippen LogP) is 3.55. The molecule has 0 spiro atoms. The third kappa shape index (κ3) is 5.29. The second-order valence-corrected chi connectivity index (χ2v) is 7.87. The van der Waals surface area contributed by atoms with E-state index in [0.29, 0.717) is 0 Å². The summed E-state index contributed by atoms with van der Waals surface area (Å²) in [7, 11) is 0. The topological polar surface area (TPSA) is 131 Å². The third-order valence-corrected chi connectivity index (χ3v) is 5.65. The highest BCUT2D eigenvalue weighted by molar-refractivity contribution is 5.95. The minimum Gasteiger partial charge on any atom is -0.481 e. The van der Waals surface area contributed by atoms with Gasteiger partial charge in [-0.05, 0) is 22.3 Å². The lowest BCUT2D eigenvalue weighted by molar-refractivity contribution is -0.138. The second-order valence-electron chi connectivity index (χ2n) is 7.87. The fraction of sp³-hybridized carbons (Fsp3) is 0.250. The Morgan fingerprint density at radius 2 is 1.69 bits per heavy atom. The number of aromatic nitrogens is 1. The zero-order valence-electron chi connectivity index (χ0n) is 18.2. The van der Waals surface area contributed by atoms with Gasteiger partial charge in [-0.25, -0.2) is 13.6 Å². The number of hydrogen-bond acceptors (Lipinski definition) is 6. The van der Waals surface area contributed by atoms with Crippen LogP contribution in [0.3, 0.4) is 0 Å². The number of alkyl carbamates (subject to hydrolysis) is 1. The number of carbonyl (C=O) groups is 3. The van der Waals surface area contributed by atoms with Crippen LogP contribution in [0.25, 0.3) is 11.1 Å². The number of carboxylic acid groups (broad SMARTS) is 1. The molecule has 35 heavy (non-hydrogen) atoms. The fourth-order valence-electron chi connectivity index (χ4n) is 4.01. The Balaban J connectivity index is 1.35. The van der Waals surface area contributed by atoms with Gasteiger partial charge in [-0.2, -0.15) is 0 Å². The summed E-state index contributed by atoms with van der Waals surface area (Å²) in [6, 6.07) is 13.8. The van der Waals surface area contributed by atoms with E-state index in [4.69, 9.17) is 14.4 Å². The molecule has 1 aliphatic rings. The van der Waals surface area contributed by atoms with Gasteiger partial charge < -0.3 is 25.0 Å². The average molecular weight is 485 g/mol. The highest BCUT2D eigenvalue weighted by Gasteiger charge is 2.30. The molecule has 1 aliphatic carbocycles. The molecule has 0 saturated carbocycles. The van der Waals surface area contributed by atoms with E-state index < -0.39 is 36.9 Å². The third-order valence-electron chi connectivity index (χ3n) is 5.65. The molecule has 1 aromatic heterocycles. The molecule has 0 saturated heterocycles. The van der Waals surface area contributed by atoms with Gasteiger partial charge in [0.2, 0.25) is 0 Å². The molecule has 3 N–H and O–H groups in total. The first-order chi connectivity index (χ1) is 16.8. The van der Waals surface area contributed by atoms with Crippen LogP contribution in [0.15, 0.2) is 59.3 Å². The van der Waals surface area contributed by atoms with Crippen molar-refractivity contribution >= 4 is 18.0 Å². The summed E-state index contributed by atoms with van der Waals surface area (Å²) in [6.07, 6.45) is -3.88.